The van der Waals surface area contributed by atoms with Gasteiger partial charge in [0.05, 0.1) is 24.8 Å². The number of rotatable bonds is 8. The number of hydrogen-bond donors (Lipinski definition) is 0. The number of anilines is 1. The molecule has 0 atom stereocenters. The molecule has 2 aliphatic heterocycles. The van der Waals surface area contributed by atoms with Crippen molar-refractivity contribution in [2.75, 3.05) is 50.8 Å². The Labute approximate surface area is 228 Å². The topological polar surface area (TPSA) is 57.6 Å². The monoisotopic (exact) mass is 534 g/mol. The summed E-state index contributed by atoms with van der Waals surface area (Å²) >= 11 is 0. The van der Waals surface area contributed by atoms with Gasteiger partial charge in [-0.05, 0) is 56.4 Å². The molecule has 3 aromatic rings. The third kappa shape index (κ3) is 6.04. The second-order valence-corrected chi connectivity index (χ2v) is 11.3. The highest BCUT2D eigenvalue weighted by Crippen LogP contribution is 2.39. The predicted octanol–water partition coefficient (Wildman–Crippen LogP) is 4.54. The number of fused-ring (bicyclic) bond motifs is 1. The molecular weight excluding hydrogens is 498 g/mol. The number of aromatic nitrogens is 3. The third-order valence-electron chi connectivity index (χ3n) is 7.91. The first-order valence-electron chi connectivity index (χ1n) is 14.1. The number of nitrogens with zero attached hydrogens (tertiary/aromatic N) is 6. The van der Waals surface area contributed by atoms with Crippen LogP contribution in [0.2, 0.25) is 0 Å². The zero-order chi connectivity index (χ0) is 26.9. The Morgan fingerprint density at radius 3 is 2.46 bits per heavy atom. The molecule has 7 nitrogen and oxygen atoms in total. The molecule has 0 unspecified atom stereocenters. The van der Waals surface area contributed by atoms with E-state index in [0.717, 1.165) is 50.5 Å². The summed E-state index contributed by atoms with van der Waals surface area (Å²) < 4.78 is 35.4. The fraction of sp³-hybridized carbons (Fsp3) is 0.500. The maximum Gasteiger partial charge on any atom is 0.178 e. The van der Waals surface area contributed by atoms with E-state index in [0.29, 0.717) is 36.6 Å². The lowest BCUT2D eigenvalue weighted by Gasteiger charge is -2.34. The second-order valence-electron chi connectivity index (χ2n) is 11.3. The van der Waals surface area contributed by atoms with Gasteiger partial charge in [0, 0.05) is 62.8 Å². The molecule has 206 valence electrons. The summed E-state index contributed by atoms with van der Waals surface area (Å²) in [5, 5.41) is 0. The first kappa shape index (κ1) is 26.1. The minimum absolute atomic E-state index is 0.0772. The summed E-state index contributed by atoms with van der Waals surface area (Å²) in [6.45, 7) is 11.8. The average molecular weight is 535 g/mol. The van der Waals surface area contributed by atoms with Crippen LogP contribution in [0.4, 0.5) is 14.5 Å². The zero-order valence-corrected chi connectivity index (χ0v) is 22.7. The Bertz CT molecular complexity index is 1310. The maximum atomic E-state index is 15.0. The van der Waals surface area contributed by atoms with Crippen LogP contribution in [0.15, 0.2) is 36.7 Å². The van der Waals surface area contributed by atoms with Gasteiger partial charge in [-0.15, -0.1) is 0 Å². The van der Waals surface area contributed by atoms with Gasteiger partial charge in [-0.1, -0.05) is 6.07 Å². The van der Waals surface area contributed by atoms with E-state index in [-0.39, 0.29) is 17.5 Å². The number of pyridine rings is 1. The van der Waals surface area contributed by atoms with E-state index in [1.807, 2.05) is 26.1 Å². The lowest BCUT2D eigenvalue weighted by atomic mass is 10.1. The first-order chi connectivity index (χ1) is 18.9. The van der Waals surface area contributed by atoms with E-state index in [4.69, 9.17) is 4.74 Å². The van der Waals surface area contributed by atoms with Crippen molar-refractivity contribution in [2.45, 2.75) is 45.7 Å². The molecule has 4 heterocycles. The number of piperazine rings is 1. The van der Waals surface area contributed by atoms with Crippen LogP contribution < -0.4 is 9.64 Å². The summed E-state index contributed by atoms with van der Waals surface area (Å²) in [7, 11) is 0. The van der Waals surface area contributed by atoms with Crippen LogP contribution in [0, 0.1) is 17.6 Å². The lowest BCUT2D eigenvalue weighted by molar-refractivity contribution is 0.123. The largest absolute Gasteiger partial charge is 0.486 e. The molecule has 0 bridgehead atoms. The minimum Gasteiger partial charge on any atom is -0.486 e. The molecule has 0 N–H and O–H groups in total. The van der Waals surface area contributed by atoms with Crippen molar-refractivity contribution in [1.29, 1.82) is 0 Å². The van der Waals surface area contributed by atoms with Gasteiger partial charge in [-0.25, -0.2) is 18.7 Å². The van der Waals surface area contributed by atoms with Gasteiger partial charge in [0.2, 0.25) is 0 Å². The van der Waals surface area contributed by atoms with E-state index in [9.17, 15) is 8.78 Å². The molecule has 0 amide bonds. The molecule has 2 fully saturated rings. The van der Waals surface area contributed by atoms with Gasteiger partial charge >= 0.3 is 0 Å². The Balaban J connectivity index is 1.13. The molecule has 3 aliphatic rings. The minimum atomic E-state index is -0.591. The highest BCUT2D eigenvalue weighted by molar-refractivity contribution is 5.72. The molecule has 39 heavy (non-hydrogen) atoms. The van der Waals surface area contributed by atoms with Crippen LogP contribution in [-0.4, -0.2) is 76.7 Å². The van der Waals surface area contributed by atoms with Crippen LogP contribution in [0.1, 0.15) is 43.8 Å². The van der Waals surface area contributed by atoms with Crippen molar-refractivity contribution < 1.29 is 13.5 Å². The molecule has 1 aliphatic carbocycles. The summed E-state index contributed by atoms with van der Waals surface area (Å²) in [6, 6.07) is 7.28. The van der Waals surface area contributed by atoms with Crippen LogP contribution >= 0.6 is 0 Å². The smallest absolute Gasteiger partial charge is 0.178 e. The standard InChI is InChI=1S/C30H36F2N6O/c1-20(2)38-11-12-39-30-25(31)13-23(14-27(30)38)29-26(32)17-34-28(35-29)15-24-6-5-22(16-33-24)19-37-9-7-36(8-10-37)18-21-3-4-21/h5-6,13-14,16-17,20-21H,3-4,7-12,15,18-19H2,1-2H3. The SMILES string of the molecule is CC(C)N1CCOc2c(F)cc(-c3nc(Cc4ccc(CN5CCN(CC6CC6)CC5)cn4)ncc3F)cc21. The number of benzene rings is 1. The second kappa shape index (κ2) is 11.1. The van der Waals surface area contributed by atoms with Crippen molar-refractivity contribution in [3.8, 4) is 17.0 Å². The molecule has 0 spiro atoms. The van der Waals surface area contributed by atoms with Crippen molar-refractivity contribution in [3.63, 3.8) is 0 Å². The van der Waals surface area contributed by atoms with Gasteiger partial charge in [-0.3, -0.25) is 9.88 Å². The van der Waals surface area contributed by atoms with Gasteiger partial charge < -0.3 is 14.5 Å². The lowest BCUT2D eigenvalue weighted by Crippen LogP contribution is -2.46. The van der Waals surface area contributed by atoms with E-state index in [2.05, 4.69) is 35.7 Å². The van der Waals surface area contributed by atoms with E-state index >= 15 is 0 Å². The average Bonchev–Trinajstić information content (AvgIpc) is 3.75. The summed E-state index contributed by atoms with van der Waals surface area (Å²) in [4.78, 5) is 20.4. The van der Waals surface area contributed by atoms with Crippen molar-refractivity contribution in [2.24, 2.45) is 5.92 Å². The maximum absolute atomic E-state index is 15.0. The van der Waals surface area contributed by atoms with E-state index < -0.39 is 11.6 Å². The number of ether oxygens (including phenoxy) is 1. The normalized spacial score (nSPS) is 18.3. The molecule has 6 rings (SSSR count). The predicted molar refractivity (Wildman–Crippen MR) is 147 cm³/mol. The quantitative estimate of drug-likeness (QED) is 0.421. The summed E-state index contributed by atoms with van der Waals surface area (Å²) in [5.74, 6) is 0.477. The number of halogens is 2. The van der Waals surface area contributed by atoms with Crippen LogP contribution in [0.3, 0.4) is 0 Å². The van der Waals surface area contributed by atoms with Crippen molar-refractivity contribution in [3.05, 3.63) is 65.4 Å². The van der Waals surface area contributed by atoms with Gasteiger partial charge in [-0.2, -0.15) is 0 Å². The summed E-state index contributed by atoms with van der Waals surface area (Å²) in [6.07, 6.45) is 6.24. The van der Waals surface area contributed by atoms with Crippen molar-refractivity contribution >= 4 is 5.69 Å². The Morgan fingerprint density at radius 2 is 1.74 bits per heavy atom. The highest BCUT2D eigenvalue weighted by atomic mass is 19.1. The molecule has 1 saturated carbocycles. The number of hydrogen-bond acceptors (Lipinski definition) is 7. The van der Waals surface area contributed by atoms with Crippen LogP contribution in [-0.2, 0) is 13.0 Å². The van der Waals surface area contributed by atoms with Crippen LogP contribution in [0.5, 0.6) is 5.75 Å². The van der Waals surface area contributed by atoms with E-state index in [1.54, 1.807) is 6.07 Å². The third-order valence-corrected chi connectivity index (χ3v) is 7.91. The molecule has 1 saturated heterocycles. The zero-order valence-electron chi connectivity index (χ0n) is 22.7. The van der Waals surface area contributed by atoms with Gasteiger partial charge in [0.25, 0.3) is 0 Å². The summed E-state index contributed by atoms with van der Waals surface area (Å²) in [5.41, 5.74) is 3.04. The molecule has 2 aromatic heterocycles. The van der Waals surface area contributed by atoms with Gasteiger partial charge in [0.15, 0.2) is 17.4 Å². The Hall–Kier alpha value is -3.17. The molecular formula is C30H36F2N6O. The Morgan fingerprint density at radius 1 is 0.949 bits per heavy atom. The highest BCUT2D eigenvalue weighted by Gasteiger charge is 2.27. The van der Waals surface area contributed by atoms with E-state index in [1.165, 1.54) is 31.0 Å². The van der Waals surface area contributed by atoms with Crippen LogP contribution in [0.25, 0.3) is 11.3 Å². The Kier molecular flexibility index (Phi) is 7.44. The van der Waals surface area contributed by atoms with Crippen molar-refractivity contribution in [1.82, 2.24) is 24.8 Å². The first-order valence-corrected chi connectivity index (χ1v) is 14.1. The fourth-order valence-electron chi connectivity index (χ4n) is 5.53. The fourth-order valence-corrected chi connectivity index (χ4v) is 5.53. The van der Waals surface area contributed by atoms with Gasteiger partial charge in [0.1, 0.15) is 18.1 Å². The molecule has 0 radical (unpaired) electrons. The molecule has 1 aromatic carbocycles. The molecule has 9 heteroatoms.